The van der Waals surface area contributed by atoms with Gasteiger partial charge in [-0.15, -0.1) is 23.5 Å². The lowest BCUT2D eigenvalue weighted by molar-refractivity contribution is -0.144. The van der Waals surface area contributed by atoms with Crippen LogP contribution in [0.2, 0.25) is 0 Å². The first-order chi connectivity index (χ1) is 8.06. The van der Waals surface area contributed by atoms with E-state index < -0.39 is 0 Å². The molecule has 0 aliphatic heterocycles. The minimum absolute atomic E-state index is 0.0522. The third-order valence-corrected chi connectivity index (χ3v) is 6.44. The highest BCUT2D eigenvalue weighted by Crippen LogP contribution is 2.51. The molecule has 1 aliphatic rings. The quantitative estimate of drug-likeness (QED) is 0.583. The van der Waals surface area contributed by atoms with Gasteiger partial charge >= 0.3 is 5.97 Å². The summed E-state index contributed by atoms with van der Waals surface area (Å²) in [4.78, 5) is 11.7. The zero-order valence-corrected chi connectivity index (χ0v) is 12.7. The van der Waals surface area contributed by atoms with E-state index in [4.69, 9.17) is 9.47 Å². The number of rotatable bonds is 4. The Bertz CT molecular complexity index is 322. The molecule has 98 valence electrons. The Hall–Kier alpha value is -0.290. The Morgan fingerprint density at radius 3 is 2.35 bits per heavy atom. The monoisotopic (exact) mass is 276 g/mol. The summed E-state index contributed by atoms with van der Waals surface area (Å²) in [5.41, 5.74) is 1.01. The van der Waals surface area contributed by atoms with Gasteiger partial charge in [-0.2, -0.15) is 0 Å². The predicted molar refractivity (Wildman–Crippen MR) is 74.2 cm³/mol. The fourth-order valence-electron chi connectivity index (χ4n) is 2.35. The zero-order chi connectivity index (χ0) is 13.1. The molecule has 0 aromatic rings. The summed E-state index contributed by atoms with van der Waals surface area (Å²) in [5.74, 6) is 0.620. The van der Waals surface area contributed by atoms with Gasteiger partial charge in [0.05, 0.1) is 20.1 Å². The molecule has 1 unspecified atom stereocenters. The normalized spacial score (nSPS) is 23.5. The third-order valence-electron chi connectivity index (χ3n) is 3.34. The van der Waals surface area contributed by atoms with Gasteiger partial charge in [0.25, 0.3) is 0 Å². The van der Waals surface area contributed by atoms with Gasteiger partial charge in [0, 0.05) is 0 Å². The highest BCUT2D eigenvalue weighted by atomic mass is 32.2. The number of methoxy groups -OCH3 is 2. The highest BCUT2D eigenvalue weighted by Gasteiger charge is 2.43. The molecule has 3 nitrogen and oxygen atoms in total. The molecule has 5 heteroatoms. The Kier molecular flexibility index (Phi) is 5.25. The topological polar surface area (TPSA) is 35.5 Å². The van der Waals surface area contributed by atoms with Crippen molar-refractivity contribution in [1.29, 1.82) is 0 Å². The summed E-state index contributed by atoms with van der Waals surface area (Å²) >= 11 is 3.56. The lowest BCUT2D eigenvalue weighted by Crippen LogP contribution is -2.34. The van der Waals surface area contributed by atoms with E-state index in [0.29, 0.717) is 0 Å². The van der Waals surface area contributed by atoms with Crippen LogP contribution in [0.1, 0.15) is 19.8 Å². The van der Waals surface area contributed by atoms with E-state index in [0.717, 1.165) is 24.2 Å². The van der Waals surface area contributed by atoms with Crippen LogP contribution in [0.25, 0.3) is 0 Å². The van der Waals surface area contributed by atoms with Crippen LogP contribution in [-0.4, -0.2) is 36.8 Å². The maximum absolute atomic E-state index is 11.7. The van der Waals surface area contributed by atoms with Crippen molar-refractivity contribution in [2.75, 3.05) is 26.7 Å². The fraction of sp³-hybridized carbons (Fsp3) is 0.750. The Balaban J connectivity index is 3.15. The van der Waals surface area contributed by atoms with Gasteiger partial charge in [-0.05, 0) is 37.9 Å². The smallest absolute Gasteiger partial charge is 0.312 e. The van der Waals surface area contributed by atoms with Gasteiger partial charge < -0.3 is 9.47 Å². The van der Waals surface area contributed by atoms with Gasteiger partial charge in [0.2, 0.25) is 0 Å². The predicted octanol–water partition coefficient (Wildman–Crippen LogP) is 2.91. The van der Waals surface area contributed by atoms with E-state index in [1.807, 2.05) is 6.92 Å². The van der Waals surface area contributed by atoms with Crippen molar-refractivity contribution in [3.8, 4) is 0 Å². The number of ether oxygens (including phenoxy) is 2. The average Bonchev–Trinajstić information content (AvgIpc) is 2.37. The molecule has 0 fully saturated rings. The number of hydrogen-bond acceptors (Lipinski definition) is 5. The van der Waals surface area contributed by atoms with Crippen molar-refractivity contribution >= 4 is 29.5 Å². The van der Waals surface area contributed by atoms with E-state index in [-0.39, 0.29) is 16.0 Å². The lowest BCUT2D eigenvalue weighted by atomic mass is 9.86. The largest absolute Gasteiger partial charge is 0.499 e. The minimum Gasteiger partial charge on any atom is -0.499 e. The molecule has 0 saturated carbocycles. The van der Waals surface area contributed by atoms with Crippen LogP contribution >= 0.6 is 23.5 Å². The van der Waals surface area contributed by atoms with Crippen molar-refractivity contribution in [2.24, 2.45) is 5.92 Å². The second kappa shape index (κ2) is 6.05. The fourth-order valence-corrected chi connectivity index (χ4v) is 4.52. The lowest BCUT2D eigenvalue weighted by Gasteiger charge is -2.38. The van der Waals surface area contributed by atoms with E-state index >= 15 is 0 Å². The van der Waals surface area contributed by atoms with Gasteiger partial charge in [-0.3, -0.25) is 4.79 Å². The van der Waals surface area contributed by atoms with Crippen LogP contribution in [0.5, 0.6) is 0 Å². The summed E-state index contributed by atoms with van der Waals surface area (Å²) in [6.45, 7) is 1.97. The molecule has 0 radical (unpaired) electrons. The summed E-state index contributed by atoms with van der Waals surface area (Å²) in [6.07, 6.45) is 5.92. The second-order valence-corrected chi connectivity index (χ2v) is 6.46. The van der Waals surface area contributed by atoms with E-state index in [1.54, 1.807) is 30.6 Å². The first-order valence-corrected chi connectivity index (χ1v) is 7.94. The maximum Gasteiger partial charge on any atom is 0.312 e. The zero-order valence-electron chi connectivity index (χ0n) is 11.0. The molecule has 0 spiro atoms. The van der Waals surface area contributed by atoms with Crippen LogP contribution in [-0.2, 0) is 14.3 Å². The van der Waals surface area contributed by atoms with Crippen molar-refractivity contribution in [2.45, 2.75) is 23.8 Å². The number of carbonyl (C=O) groups is 1. The van der Waals surface area contributed by atoms with Crippen LogP contribution in [0.15, 0.2) is 11.3 Å². The number of esters is 1. The van der Waals surface area contributed by atoms with Crippen molar-refractivity contribution < 1.29 is 14.3 Å². The van der Waals surface area contributed by atoms with Crippen LogP contribution in [0.3, 0.4) is 0 Å². The van der Waals surface area contributed by atoms with Gasteiger partial charge in [0.1, 0.15) is 9.84 Å². The molecule has 0 amide bonds. The number of carbonyl (C=O) groups excluding carboxylic acids is 1. The molecule has 0 N–H and O–H groups in total. The average molecular weight is 276 g/mol. The van der Waals surface area contributed by atoms with Crippen molar-refractivity contribution in [3.05, 3.63) is 11.3 Å². The van der Waals surface area contributed by atoms with Crippen LogP contribution in [0.4, 0.5) is 0 Å². The minimum atomic E-state index is -0.159. The Labute approximate surface area is 112 Å². The molecule has 0 aromatic heterocycles. The molecule has 0 heterocycles. The Morgan fingerprint density at radius 1 is 1.35 bits per heavy atom. The van der Waals surface area contributed by atoms with E-state index in [1.165, 1.54) is 7.11 Å². The van der Waals surface area contributed by atoms with Gasteiger partial charge in [-0.1, -0.05) is 0 Å². The van der Waals surface area contributed by atoms with Crippen LogP contribution in [0, 0.1) is 5.92 Å². The molecule has 1 aliphatic carbocycles. The molecule has 0 saturated heterocycles. The Morgan fingerprint density at radius 2 is 1.94 bits per heavy atom. The van der Waals surface area contributed by atoms with E-state index in [9.17, 15) is 4.79 Å². The molecule has 0 aromatic carbocycles. The summed E-state index contributed by atoms with van der Waals surface area (Å²) in [7, 11) is 3.12. The SMILES string of the molecule is COC(=O)C1CCC(SC)(SC)C(OC)=C1C. The first kappa shape index (κ1) is 14.8. The standard InChI is InChI=1S/C12H20O3S2/c1-8-9(11(13)15-3)6-7-12(16-4,17-5)10(8)14-2/h9H,6-7H2,1-5H3. The van der Waals surface area contributed by atoms with Crippen LogP contribution < -0.4 is 0 Å². The highest BCUT2D eigenvalue weighted by molar-refractivity contribution is 8.17. The molecule has 0 bridgehead atoms. The number of thioether (sulfide) groups is 2. The summed E-state index contributed by atoms with van der Waals surface area (Å²) < 4.78 is 10.4. The third kappa shape index (κ3) is 2.60. The maximum atomic E-state index is 11.7. The molecular weight excluding hydrogens is 256 g/mol. The summed E-state index contributed by atoms with van der Waals surface area (Å²) in [5, 5.41) is 0. The van der Waals surface area contributed by atoms with E-state index in [2.05, 4.69) is 12.5 Å². The number of hydrogen-bond donors (Lipinski definition) is 0. The molecular formula is C12H20O3S2. The molecule has 1 atom stereocenters. The second-order valence-electron chi connectivity index (χ2n) is 3.99. The summed E-state index contributed by atoms with van der Waals surface area (Å²) in [6, 6.07) is 0. The molecule has 1 rings (SSSR count). The van der Waals surface area contributed by atoms with Crippen molar-refractivity contribution in [1.82, 2.24) is 0 Å². The van der Waals surface area contributed by atoms with Gasteiger partial charge in [0.15, 0.2) is 0 Å². The molecule has 17 heavy (non-hydrogen) atoms. The van der Waals surface area contributed by atoms with Gasteiger partial charge in [-0.25, -0.2) is 0 Å². The van der Waals surface area contributed by atoms with Crippen molar-refractivity contribution in [3.63, 3.8) is 0 Å². The first-order valence-electron chi connectivity index (χ1n) is 5.49.